The van der Waals surface area contributed by atoms with Gasteiger partial charge in [0.25, 0.3) is 0 Å². The van der Waals surface area contributed by atoms with E-state index in [1.165, 1.54) is 0 Å². The van der Waals surface area contributed by atoms with Gasteiger partial charge in [0.15, 0.2) is 11.5 Å². The van der Waals surface area contributed by atoms with E-state index < -0.39 is 0 Å². The monoisotopic (exact) mass is 709 g/mol. The van der Waals surface area contributed by atoms with Crippen molar-refractivity contribution in [3.05, 3.63) is 66.0 Å². The Bertz CT molecular complexity index is 1040. The Morgan fingerprint density at radius 3 is 1.48 bits per heavy atom. The molecule has 2 aromatic carbocycles. The van der Waals surface area contributed by atoms with Gasteiger partial charge in [0.2, 0.25) is 0 Å². The minimum absolute atomic E-state index is 0. The third-order valence-electron chi connectivity index (χ3n) is 3.54. The second-order valence-electron chi connectivity index (χ2n) is 5.18. The van der Waals surface area contributed by atoms with Crippen LogP contribution in [0.15, 0.2) is 48.8 Å². The standard InChI is InChI=1S/2C9H5ClINO.Tc/c2*10-6-4-7(11)9(13)8-5(6)2-1-3-12-8;/h2*1-4,13H;/i;;1+1. The van der Waals surface area contributed by atoms with Crippen molar-refractivity contribution in [3.8, 4) is 11.5 Å². The van der Waals surface area contributed by atoms with Crippen molar-refractivity contribution < 1.29 is 30.3 Å². The average Bonchev–Trinajstić information content (AvgIpc) is 2.65. The fraction of sp³-hybridized carbons (Fsp3) is 0. The minimum Gasteiger partial charge on any atom is -0.505 e. The molecule has 4 rings (SSSR count). The molecule has 0 atom stereocenters. The fourth-order valence-electron chi connectivity index (χ4n) is 2.31. The van der Waals surface area contributed by atoms with E-state index in [1.54, 1.807) is 36.7 Å². The number of nitrogens with zero attached hydrogens (tertiary/aromatic N) is 2. The number of hydrogen-bond donors (Lipinski definition) is 2. The topological polar surface area (TPSA) is 66.2 Å². The zero-order valence-corrected chi connectivity index (χ0v) is 21.0. The number of fused-ring (bicyclic) bond motifs is 2. The van der Waals surface area contributed by atoms with Crippen LogP contribution in [0.1, 0.15) is 0 Å². The van der Waals surface area contributed by atoms with Crippen LogP contribution in [0.3, 0.4) is 0 Å². The van der Waals surface area contributed by atoms with Gasteiger partial charge in [0.1, 0.15) is 11.0 Å². The zero-order valence-electron chi connectivity index (χ0n) is 13.3. The number of pyridine rings is 2. The number of halogens is 4. The molecule has 1 radical (unpaired) electrons. The normalized spacial score (nSPS) is 10.2. The van der Waals surface area contributed by atoms with Crippen LogP contribution in [0.2, 0.25) is 10.0 Å². The van der Waals surface area contributed by atoms with E-state index in [0.29, 0.717) is 28.2 Å². The molecule has 0 bridgehead atoms. The fourth-order valence-corrected chi connectivity index (χ4v) is 4.34. The molecule has 0 spiro atoms. The molecule has 0 saturated carbocycles. The number of phenols is 2. The second-order valence-corrected chi connectivity index (χ2v) is 8.32. The Hall–Kier alpha value is -0.451. The van der Waals surface area contributed by atoms with Crippen LogP contribution in [-0.4, -0.2) is 20.2 Å². The number of benzene rings is 2. The van der Waals surface area contributed by atoms with E-state index in [4.69, 9.17) is 23.2 Å². The van der Waals surface area contributed by atoms with Crippen molar-refractivity contribution in [1.82, 2.24) is 9.97 Å². The Morgan fingerprint density at radius 1 is 0.741 bits per heavy atom. The summed E-state index contributed by atoms with van der Waals surface area (Å²) in [6, 6.07) is 10.7. The van der Waals surface area contributed by atoms with Crippen molar-refractivity contribution >= 4 is 90.2 Å². The molecule has 0 aliphatic heterocycles. The van der Waals surface area contributed by atoms with Crippen molar-refractivity contribution in [1.29, 1.82) is 0 Å². The molecule has 0 aliphatic carbocycles. The van der Waals surface area contributed by atoms with Crippen LogP contribution in [0.5, 0.6) is 11.5 Å². The molecule has 9 heteroatoms. The first-order valence-corrected chi connectivity index (χ1v) is 10.1. The van der Waals surface area contributed by atoms with Crippen LogP contribution in [0.4, 0.5) is 0 Å². The molecule has 0 aliphatic rings. The molecule has 27 heavy (non-hydrogen) atoms. The molecule has 2 aromatic heterocycles. The maximum atomic E-state index is 9.65. The van der Waals surface area contributed by atoms with Gasteiger partial charge >= 0.3 is 0 Å². The summed E-state index contributed by atoms with van der Waals surface area (Å²) in [6.45, 7) is 0. The summed E-state index contributed by atoms with van der Waals surface area (Å²) in [7, 11) is 0. The molecular formula is C18H10Cl2I2N2O2Tc. The smallest absolute Gasteiger partial charge is 0.155 e. The van der Waals surface area contributed by atoms with Crippen LogP contribution < -0.4 is 0 Å². The largest absolute Gasteiger partial charge is 0.505 e. The Balaban J connectivity index is 0.000000187. The number of aromatic nitrogens is 2. The van der Waals surface area contributed by atoms with E-state index in [9.17, 15) is 10.2 Å². The first kappa shape index (κ1) is 22.8. The summed E-state index contributed by atoms with van der Waals surface area (Å²) >= 11 is 16.0. The maximum absolute atomic E-state index is 9.65. The Kier molecular flexibility index (Phi) is 8.33. The molecule has 0 amide bonds. The quantitative estimate of drug-likeness (QED) is 0.208. The second kappa shape index (κ2) is 9.84. The molecule has 4 nitrogen and oxygen atoms in total. The summed E-state index contributed by atoms with van der Waals surface area (Å²) < 4.78 is 1.43. The SMILES string of the molecule is Oc1c(I)cc(Cl)c2cccnc12.Oc1c(I)cc(Cl)c2cccnc12.[99Tc]. The maximum Gasteiger partial charge on any atom is 0.155 e. The Morgan fingerprint density at radius 2 is 1.11 bits per heavy atom. The van der Waals surface area contributed by atoms with Gasteiger partial charge in [-0.2, -0.15) is 0 Å². The molecular weight excluding hydrogens is 700 g/mol. The van der Waals surface area contributed by atoms with Gasteiger partial charge in [-0.05, 0) is 81.6 Å². The van der Waals surface area contributed by atoms with Crippen LogP contribution in [-0.2, 0) is 20.1 Å². The van der Waals surface area contributed by atoms with Gasteiger partial charge in [0, 0.05) is 43.3 Å². The molecule has 0 fully saturated rings. The van der Waals surface area contributed by atoms with Crippen LogP contribution in [0.25, 0.3) is 21.8 Å². The number of phenolic OH excluding ortho intramolecular Hbond substituents is 2. The van der Waals surface area contributed by atoms with Gasteiger partial charge in [-0.15, -0.1) is 0 Å². The first-order valence-electron chi connectivity index (χ1n) is 7.23. The van der Waals surface area contributed by atoms with Gasteiger partial charge in [-0.25, -0.2) is 0 Å². The molecule has 2 N–H and O–H groups in total. The molecule has 0 unspecified atom stereocenters. The summed E-state index contributed by atoms with van der Waals surface area (Å²) in [5.74, 6) is 0.390. The van der Waals surface area contributed by atoms with Crippen molar-refractivity contribution in [2.75, 3.05) is 0 Å². The van der Waals surface area contributed by atoms with E-state index >= 15 is 0 Å². The van der Waals surface area contributed by atoms with Gasteiger partial charge in [-0.3, -0.25) is 9.97 Å². The van der Waals surface area contributed by atoms with E-state index in [0.717, 1.165) is 10.8 Å². The van der Waals surface area contributed by atoms with Gasteiger partial charge < -0.3 is 10.2 Å². The molecule has 0 saturated heterocycles. The number of rotatable bonds is 0. The molecule has 139 valence electrons. The predicted octanol–water partition coefficient (Wildman–Crippen LogP) is 6.39. The summed E-state index contributed by atoms with van der Waals surface area (Å²) in [6.07, 6.45) is 3.27. The molecule has 2 heterocycles. The van der Waals surface area contributed by atoms with E-state index in [2.05, 4.69) is 9.97 Å². The third kappa shape index (κ3) is 4.94. The van der Waals surface area contributed by atoms with Gasteiger partial charge in [-0.1, -0.05) is 23.2 Å². The average molecular weight is 710 g/mol. The summed E-state index contributed by atoms with van der Waals surface area (Å²) in [5.41, 5.74) is 1.11. The van der Waals surface area contributed by atoms with Crippen molar-refractivity contribution in [2.24, 2.45) is 0 Å². The molecule has 4 aromatic rings. The van der Waals surface area contributed by atoms with Crippen molar-refractivity contribution in [3.63, 3.8) is 0 Å². The Labute approximate surface area is 205 Å². The predicted molar refractivity (Wildman–Crippen MR) is 122 cm³/mol. The number of hydrogen-bond acceptors (Lipinski definition) is 4. The summed E-state index contributed by atoms with van der Waals surface area (Å²) in [4.78, 5) is 8.13. The van der Waals surface area contributed by atoms with Gasteiger partial charge in [0.05, 0.1) is 17.2 Å². The summed E-state index contributed by atoms with van der Waals surface area (Å²) in [5, 5.41) is 22.1. The van der Waals surface area contributed by atoms with Crippen LogP contribution in [0, 0.1) is 7.14 Å². The third-order valence-corrected chi connectivity index (χ3v) is 5.81. The van der Waals surface area contributed by atoms with Crippen LogP contribution >= 0.6 is 68.4 Å². The minimum atomic E-state index is 0. The first-order chi connectivity index (χ1) is 12.4. The van der Waals surface area contributed by atoms with Crippen molar-refractivity contribution in [2.45, 2.75) is 0 Å². The van der Waals surface area contributed by atoms with E-state index in [1.807, 2.05) is 57.3 Å². The number of aromatic hydroxyl groups is 2. The van der Waals surface area contributed by atoms with E-state index in [-0.39, 0.29) is 31.6 Å². The zero-order chi connectivity index (χ0) is 18.8.